The summed E-state index contributed by atoms with van der Waals surface area (Å²) in [6.07, 6.45) is 16.6. The van der Waals surface area contributed by atoms with E-state index in [0.29, 0.717) is 0 Å². The van der Waals surface area contributed by atoms with Crippen molar-refractivity contribution in [1.82, 2.24) is 0 Å². The van der Waals surface area contributed by atoms with Crippen LogP contribution in [0.5, 0.6) is 0 Å². The lowest BCUT2D eigenvalue weighted by molar-refractivity contribution is -0.107. The zero-order chi connectivity index (χ0) is 13.2. The highest BCUT2D eigenvalue weighted by atomic mass is 16.1. The van der Waals surface area contributed by atoms with Gasteiger partial charge in [-0.1, -0.05) is 64.9 Å². The van der Waals surface area contributed by atoms with Crippen molar-refractivity contribution in [3.8, 4) is 0 Å². The molecule has 0 aliphatic carbocycles. The molecule has 0 heterocycles. The fourth-order valence-corrected chi connectivity index (χ4v) is 1.55. The number of carbonyl (C=O) groups is 1. The van der Waals surface area contributed by atoms with Gasteiger partial charge in [-0.15, -0.1) is 6.58 Å². The van der Waals surface area contributed by atoms with Crippen LogP contribution in [0.2, 0.25) is 0 Å². The molecular formula is C16H32O. The zero-order valence-electron chi connectivity index (χ0n) is 12.0. The minimum atomic E-state index is 0.754. The monoisotopic (exact) mass is 240 g/mol. The normalized spacial score (nSPS) is 9.29. The third-order valence-corrected chi connectivity index (χ3v) is 2.69. The first-order chi connectivity index (χ1) is 8.33. The number of allylic oxidation sites excluding steroid dienone is 1. The van der Waals surface area contributed by atoms with E-state index in [-0.39, 0.29) is 0 Å². The number of aldehydes is 1. The van der Waals surface area contributed by atoms with Crippen molar-refractivity contribution < 1.29 is 4.79 Å². The van der Waals surface area contributed by atoms with Gasteiger partial charge in [0.15, 0.2) is 0 Å². The zero-order valence-corrected chi connectivity index (χ0v) is 12.0. The summed E-state index contributed by atoms with van der Waals surface area (Å²) in [6.45, 7) is 8.08. The molecule has 102 valence electrons. The molecular weight excluding hydrogens is 208 g/mol. The maximum Gasteiger partial charge on any atom is 0.119 e. The van der Waals surface area contributed by atoms with Gasteiger partial charge in [0, 0.05) is 6.42 Å². The third kappa shape index (κ3) is 25.6. The molecule has 0 fully saturated rings. The smallest absolute Gasteiger partial charge is 0.119 e. The van der Waals surface area contributed by atoms with E-state index in [1.165, 1.54) is 57.8 Å². The van der Waals surface area contributed by atoms with Crippen LogP contribution in [0.25, 0.3) is 0 Å². The van der Waals surface area contributed by atoms with Crippen LogP contribution in [0.1, 0.15) is 84.5 Å². The Morgan fingerprint density at radius 2 is 1.24 bits per heavy atom. The van der Waals surface area contributed by atoms with Crippen molar-refractivity contribution in [2.45, 2.75) is 84.5 Å². The molecule has 0 atom stereocenters. The van der Waals surface area contributed by atoms with Crippen molar-refractivity contribution in [3.63, 3.8) is 0 Å². The van der Waals surface area contributed by atoms with Crippen LogP contribution in [0.3, 0.4) is 0 Å². The van der Waals surface area contributed by atoms with Gasteiger partial charge in [0.25, 0.3) is 0 Å². The summed E-state index contributed by atoms with van der Waals surface area (Å²) in [6, 6.07) is 0. The van der Waals surface area contributed by atoms with Crippen LogP contribution < -0.4 is 0 Å². The molecule has 17 heavy (non-hydrogen) atoms. The van der Waals surface area contributed by atoms with Crippen molar-refractivity contribution >= 4 is 6.29 Å². The highest BCUT2D eigenvalue weighted by Gasteiger charge is 1.86. The Labute approximate surface area is 109 Å². The summed E-state index contributed by atoms with van der Waals surface area (Å²) >= 11 is 0. The minimum absolute atomic E-state index is 0.754. The second-order valence-corrected chi connectivity index (χ2v) is 4.51. The molecule has 1 heteroatoms. The van der Waals surface area contributed by atoms with E-state index in [2.05, 4.69) is 20.4 Å². The second-order valence-electron chi connectivity index (χ2n) is 4.51. The standard InChI is InChI=1S/C8H16O.C8H16/c1-2-3-4-5-6-7-8-9;1-3-5-7-8-6-4-2/h8H,2-7H2,1H3;3H,1,4-8H2,2H3. The van der Waals surface area contributed by atoms with E-state index < -0.39 is 0 Å². The van der Waals surface area contributed by atoms with Crippen LogP contribution in [0.15, 0.2) is 12.7 Å². The lowest BCUT2D eigenvalue weighted by Gasteiger charge is -1.93. The Balaban J connectivity index is 0. The quantitative estimate of drug-likeness (QED) is 0.257. The van der Waals surface area contributed by atoms with Crippen molar-refractivity contribution in [2.75, 3.05) is 0 Å². The van der Waals surface area contributed by atoms with Crippen LogP contribution >= 0.6 is 0 Å². The summed E-state index contributed by atoms with van der Waals surface area (Å²) in [5, 5.41) is 0. The fraction of sp³-hybridized carbons (Fsp3) is 0.812. The van der Waals surface area contributed by atoms with Gasteiger partial charge >= 0.3 is 0 Å². The average Bonchev–Trinajstić information content (AvgIpc) is 2.36. The topological polar surface area (TPSA) is 17.1 Å². The molecule has 0 aromatic rings. The Morgan fingerprint density at radius 3 is 1.71 bits per heavy atom. The summed E-state index contributed by atoms with van der Waals surface area (Å²) in [4.78, 5) is 9.84. The highest BCUT2D eigenvalue weighted by molar-refractivity contribution is 5.48. The summed E-state index contributed by atoms with van der Waals surface area (Å²) in [5.74, 6) is 0. The van der Waals surface area contributed by atoms with Crippen LogP contribution in [0, 0.1) is 0 Å². The maximum atomic E-state index is 9.84. The Bertz CT molecular complexity index is 140. The van der Waals surface area contributed by atoms with Gasteiger partial charge in [0.05, 0.1) is 0 Å². The molecule has 0 spiro atoms. The first-order valence-electron chi connectivity index (χ1n) is 7.37. The van der Waals surface area contributed by atoms with Crippen LogP contribution in [-0.4, -0.2) is 6.29 Å². The van der Waals surface area contributed by atoms with Gasteiger partial charge in [-0.25, -0.2) is 0 Å². The first-order valence-corrected chi connectivity index (χ1v) is 7.37. The van der Waals surface area contributed by atoms with Crippen molar-refractivity contribution in [1.29, 1.82) is 0 Å². The molecule has 1 nitrogen and oxygen atoms in total. The van der Waals surface area contributed by atoms with Gasteiger partial charge in [-0.3, -0.25) is 0 Å². The van der Waals surface area contributed by atoms with Gasteiger partial charge < -0.3 is 4.79 Å². The van der Waals surface area contributed by atoms with Crippen molar-refractivity contribution in [3.05, 3.63) is 12.7 Å². The van der Waals surface area contributed by atoms with Gasteiger partial charge in [0.1, 0.15) is 6.29 Å². The van der Waals surface area contributed by atoms with E-state index in [9.17, 15) is 4.79 Å². The van der Waals surface area contributed by atoms with Gasteiger partial charge in [0.2, 0.25) is 0 Å². The molecule has 0 bridgehead atoms. The number of hydrogen-bond donors (Lipinski definition) is 0. The number of carbonyl (C=O) groups excluding carboxylic acids is 1. The number of hydrogen-bond acceptors (Lipinski definition) is 1. The van der Waals surface area contributed by atoms with Crippen LogP contribution in [-0.2, 0) is 4.79 Å². The van der Waals surface area contributed by atoms with E-state index in [1.807, 2.05) is 6.08 Å². The van der Waals surface area contributed by atoms with Crippen molar-refractivity contribution in [2.24, 2.45) is 0 Å². The predicted octanol–water partition coefficient (Wildman–Crippen LogP) is 5.69. The molecule has 0 radical (unpaired) electrons. The van der Waals surface area contributed by atoms with E-state index in [0.717, 1.165) is 19.1 Å². The molecule has 0 aromatic carbocycles. The SMILES string of the molecule is C=CCCCCCC.CCCCCCCC=O. The lowest BCUT2D eigenvalue weighted by atomic mass is 10.1. The minimum Gasteiger partial charge on any atom is -0.303 e. The number of unbranched alkanes of at least 4 members (excludes halogenated alkanes) is 9. The van der Waals surface area contributed by atoms with Gasteiger partial charge in [-0.05, 0) is 19.3 Å². The predicted molar refractivity (Wildman–Crippen MR) is 78.4 cm³/mol. The molecule has 0 saturated heterocycles. The lowest BCUT2D eigenvalue weighted by Crippen LogP contribution is -1.78. The molecule has 0 aliphatic heterocycles. The highest BCUT2D eigenvalue weighted by Crippen LogP contribution is 2.03. The van der Waals surface area contributed by atoms with E-state index in [1.54, 1.807) is 0 Å². The van der Waals surface area contributed by atoms with E-state index in [4.69, 9.17) is 0 Å². The average molecular weight is 240 g/mol. The molecule has 0 N–H and O–H groups in total. The Hall–Kier alpha value is -0.590. The van der Waals surface area contributed by atoms with Gasteiger partial charge in [-0.2, -0.15) is 0 Å². The summed E-state index contributed by atoms with van der Waals surface area (Å²) in [5.41, 5.74) is 0. The fourth-order valence-electron chi connectivity index (χ4n) is 1.55. The van der Waals surface area contributed by atoms with E-state index >= 15 is 0 Å². The maximum absolute atomic E-state index is 9.84. The molecule has 0 saturated carbocycles. The molecule has 0 aromatic heterocycles. The molecule has 0 rings (SSSR count). The summed E-state index contributed by atoms with van der Waals surface area (Å²) in [7, 11) is 0. The molecule has 0 unspecified atom stereocenters. The first kappa shape index (κ1) is 18.8. The molecule has 0 aliphatic rings. The Morgan fingerprint density at radius 1 is 0.765 bits per heavy atom. The molecule has 0 amide bonds. The second kappa shape index (κ2) is 20.8. The largest absolute Gasteiger partial charge is 0.303 e. The third-order valence-electron chi connectivity index (χ3n) is 2.69. The number of rotatable bonds is 11. The summed E-state index contributed by atoms with van der Waals surface area (Å²) < 4.78 is 0. The van der Waals surface area contributed by atoms with Crippen LogP contribution in [0.4, 0.5) is 0 Å². The Kier molecular flexibility index (Phi) is 22.9.